The molecule has 0 aliphatic rings. The summed E-state index contributed by atoms with van der Waals surface area (Å²) in [7, 11) is 1.64. The molecule has 0 atom stereocenters. The zero-order valence-electron chi connectivity index (χ0n) is 21.1. The van der Waals surface area contributed by atoms with Crippen LogP contribution in [0.15, 0.2) is 96.1 Å². The molecule has 8 heteroatoms. The van der Waals surface area contributed by atoms with E-state index < -0.39 is 0 Å². The molecule has 38 heavy (non-hydrogen) atoms. The number of nitrogens with zero attached hydrogens (tertiary/aromatic N) is 5. The van der Waals surface area contributed by atoms with E-state index in [1.165, 1.54) is 5.56 Å². The average molecular weight is 503 g/mol. The van der Waals surface area contributed by atoms with Gasteiger partial charge in [0.2, 0.25) is 5.89 Å². The van der Waals surface area contributed by atoms with Crippen LogP contribution in [0.1, 0.15) is 5.56 Å². The lowest BCUT2D eigenvalue weighted by Crippen LogP contribution is -2.10. The Bertz CT molecular complexity index is 1670. The van der Waals surface area contributed by atoms with Crippen molar-refractivity contribution in [2.45, 2.75) is 13.5 Å². The number of fused-ring (bicyclic) bond motifs is 1. The second-order valence-corrected chi connectivity index (χ2v) is 9.01. The molecule has 8 nitrogen and oxygen atoms in total. The lowest BCUT2D eigenvalue weighted by molar-refractivity contribution is 0.415. The first kappa shape index (κ1) is 23.4. The van der Waals surface area contributed by atoms with Gasteiger partial charge in [-0.15, -0.1) is 10.2 Å². The monoisotopic (exact) mass is 502 g/mol. The van der Waals surface area contributed by atoms with E-state index in [0.717, 1.165) is 51.1 Å². The van der Waals surface area contributed by atoms with E-state index in [0.29, 0.717) is 18.3 Å². The molecule has 0 amide bonds. The average Bonchev–Trinajstić information content (AvgIpc) is 3.66. The molecule has 0 radical (unpaired) electrons. The van der Waals surface area contributed by atoms with Crippen molar-refractivity contribution in [2.75, 3.05) is 19.0 Å². The van der Waals surface area contributed by atoms with Gasteiger partial charge >= 0.3 is 0 Å². The number of benzene rings is 3. The second kappa shape index (κ2) is 10.2. The number of aryl methyl sites for hydroxylation is 1. The Balaban J connectivity index is 1.41. The highest BCUT2D eigenvalue weighted by Gasteiger charge is 2.18. The number of imidazole rings is 1. The summed E-state index contributed by atoms with van der Waals surface area (Å²) in [4.78, 5) is 8.87. The molecule has 188 valence electrons. The molecule has 3 aromatic carbocycles. The molecule has 0 unspecified atom stereocenters. The zero-order valence-corrected chi connectivity index (χ0v) is 21.1. The summed E-state index contributed by atoms with van der Waals surface area (Å²) < 4.78 is 13.4. The third-order valence-corrected chi connectivity index (χ3v) is 6.48. The number of hydrogen-bond donors (Lipinski definition) is 1. The summed E-state index contributed by atoms with van der Waals surface area (Å²) in [6.07, 6.45) is 7.32. The Labute approximate surface area is 220 Å². The minimum absolute atomic E-state index is 0.399. The molecule has 0 aliphatic heterocycles. The molecule has 6 rings (SSSR count). The molecule has 0 fully saturated rings. The number of aromatic nitrogens is 5. The minimum atomic E-state index is 0.399. The maximum Gasteiger partial charge on any atom is 0.251 e. The standard InChI is InChI=1S/C30H26N6O2/c1-20-3-5-21(6-4-20)23-9-12-27-25(17-23)28(32-14-16-36-15-13-31-19-36)26(18-33-27)30-35-34-29(38-30)22-7-10-24(37-2)11-8-22/h3-13,15,17-19H,14,16H2,1-2H3,(H,32,33). The van der Waals surface area contributed by atoms with Crippen LogP contribution < -0.4 is 10.1 Å². The Morgan fingerprint density at radius 1 is 0.895 bits per heavy atom. The van der Waals surface area contributed by atoms with Gasteiger partial charge in [0.1, 0.15) is 5.75 Å². The quantitative estimate of drug-likeness (QED) is 0.263. The molecule has 6 aromatic rings. The topological polar surface area (TPSA) is 90.9 Å². The number of ether oxygens (including phenoxy) is 1. The van der Waals surface area contributed by atoms with Gasteiger partial charge in [0.25, 0.3) is 5.89 Å². The highest BCUT2D eigenvalue weighted by atomic mass is 16.5. The van der Waals surface area contributed by atoms with Crippen LogP contribution in [0.25, 0.3) is 44.9 Å². The molecule has 3 heterocycles. The zero-order chi connectivity index (χ0) is 25.9. The molecule has 0 saturated heterocycles. The van der Waals surface area contributed by atoms with Crippen molar-refractivity contribution in [2.24, 2.45) is 0 Å². The molecule has 0 spiro atoms. The lowest BCUT2D eigenvalue weighted by atomic mass is 10.0. The SMILES string of the molecule is COc1ccc(-c2nnc(-c3cnc4ccc(-c5ccc(C)cc5)cc4c3NCCn3ccnc3)o2)cc1. The first-order valence-electron chi connectivity index (χ1n) is 12.4. The maximum absolute atomic E-state index is 6.14. The van der Waals surface area contributed by atoms with Crippen LogP contribution >= 0.6 is 0 Å². The maximum atomic E-state index is 6.14. The van der Waals surface area contributed by atoms with Gasteiger partial charge in [0, 0.05) is 42.6 Å². The van der Waals surface area contributed by atoms with Crippen molar-refractivity contribution in [1.82, 2.24) is 24.7 Å². The van der Waals surface area contributed by atoms with Gasteiger partial charge < -0.3 is 19.0 Å². The summed E-state index contributed by atoms with van der Waals surface area (Å²) in [5.74, 6) is 1.59. The van der Waals surface area contributed by atoms with Crippen LogP contribution in [0.5, 0.6) is 5.75 Å². The molecule has 1 N–H and O–H groups in total. The highest BCUT2D eigenvalue weighted by Crippen LogP contribution is 2.36. The fourth-order valence-corrected chi connectivity index (χ4v) is 4.38. The predicted molar refractivity (Wildman–Crippen MR) is 148 cm³/mol. The third kappa shape index (κ3) is 4.71. The van der Waals surface area contributed by atoms with Crippen LogP contribution in [0.3, 0.4) is 0 Å². The van der Waals surface area contributed by atoms with Gasteiger partial charge in [0.15, 0.2) is 0 Å². The highest BCUT2D eigenvalue weighted by molar-refractivity contribution is 6.00. The van der Waals surface area contributed by atoms with Crippen molar-refractivity contribution in [3.63, 3.8) is 0 Å². The minimum Gasteiger partial charge on any atom is -0.497 e. The van der Waals surface area contributed by atoms with E-state index in [-0.39, 0.29) is 0 Å². The number of anilines is 1. The van der Waals surface area contributed by atoms with Gasteiger partial charge in [-0.2, -0.15) is 0 Å². The molecule has 0 saturated carbocycles. The van der Waals surface area contributed by atoms with E-state index in [1.54, 1.807) is 19.5 Å². The van der Waals surface area contributed by atoms with Crippen LogP contribution in [0.4, 0.5) is 5.69 Å². The largest absolute Gasteiger partial charge is 0.497 e. The van der Waals surface area contributed by atoms with Crippen LogP contribution in [-0.2, 0) is 6.54 Å². The fourth-order valence-electron chi connectivity index (χ4n) is 4.38. The number of hydrogen-bond acceptors (Lipinski definition) is 7. The molecular weight excluding hydrogens is 476 g/mol. The number of pyridine rings is 1. The molecule has 3 aromatic heterocycles. The van der Waals surface area contributed by atoms with Gasteiger partial charge in [-0.25, -0.2) is 4.98 Å². The predicted octanol–water partition coefficient (Wildman–Crippen LogP) is 6.24. The fraction of sp³-hybridized carbons (Fsp3) is 0.133. The van der Waals surface area contributed by atoms with E-state index >= 15 is 0 Å². The van der Waals surface area contributed by atoms with Gasteiger partial charge in [-0.1, -0.05) is 35.9 Å². The van der Waals surface area contributed by atoms with Crippen molar-refractivity contribution in [1.29, 1.82) is 0 Å². The van der Waals surface area contributed by atoms with Gasteiger partial charge in [-0.3, -0.25) is 4.98 Å². The van der Waals surface area contributed by atoms with Gasteiger partial charge in [0.05, 0.1) is 30.2 Å². The molecule has 0 bridgehead atoms. The molecular formula is C30H26N6O2. The van der Waals surface area contributed by atoms with Crippen molar-refractivity contribution < 1.29 is 9.15 Å². The van der Waals surface area contributed by atoms with E-state index in [2.05, 4.69) is 63.8 Å². The van der Waals surface area contributed by atoms with E-state index in [9.17, 15) is 0 Å². The Hall–Kier alpha value is -4.98. The number of nitrogens with one attached hydrogen (secondary N) is 1. The van der Waals surface area contributed by atoms with Crippen LogP contribution in [-0.4, -0.2) is 38.4 Å². The summed E-state index contributed by atoms with van der Waals surface area (Å²) in [5.41, 5.74) is 6.82. The van der Waals surface area contributed by atoms with Crippen molar-refractivity contribution in [3.8, 4) is 39.8 Å². The second-order valence-electron chi connectivity index (χ2n) is 9.01. The lowest BCUT2D eigenvalue weighted by Gasteiger charge is -2.14. The third-order valence-electron chi connectivity index (χ3n) is 6.48. The van der Waals surface area contributed by atoms with Crippen LogP contribution in [0.2, 0.25) is 0 Å². The van der Waals surface area contributed by atoms with Gasteiger partial charge in [-0.05, 0) is 54.4 Å². The van der Waals surface area contributed by atoms with Crippen molar-refractivity contribution >= 4 is 16.6 Å². The first-order valence-corrected chi connectivity index (χ1v) is 12.4. The van der Waals surface area contributed by atoms with E-state index in [1.807, 2.05) is 47.4 Å². The molecule has 0 aliphatic carbocycles. The Kier molecular flexibility index (Phi) is 6.27. The number of rotatable bonds is 8. The van der Waals surface area contributed by atoms with E-state index in [4.69, 9.17) is 14.1 Å². The summed E-state index contributed by atoms with van der Waals surface area (Å²) in [6.45, 7) is 3.52. The van der Waals surface area contributed by atoms with Crippen LogP contribution in [0, 0.1) is 6.92 Å². The summed E-state index contributed by atoms with van der Waals surface area (Å²) in [5, 5.41) is 13.3. The van der Waals surface area contributed by atoms with Crippen molar-refractivity contribution in [3.05, 3.63) is 97.2 Å². The number of methoxy groups -OCH3 is 1. The Morgan fingerprint density at radius 2 is 1.66 bits per heavy atom. The summed E-state index contributed by atoms with van der Waals surface area (Å²) in [6, 6.07) is 22.4. The smallest absolute Gasteiger partial charge is 0.251 e. The first-order chi connectivity index (χ1) is 18.7. The summed E-state index contributed by atoms with van der Waals surface area (Å²) >= 11 is 0. The Morgan fingerprint density at radius 3 is 2.42 bits per heavy atom. The normalized spacial score (nSPS) is 11.1.